The molecule has 88 valence electrons. The van der Waals surface area contributed by atoms with E-state index in [1.165, 1.54) is 10.6 Å². The van der Waals surface area contributed by atoms with Crippen LogP contribution in [-0.4, -0.2) is 17.1 Å². The molecule has 0 aliphatic rings. The van der Waals surface area contributed by atoms with Gasteiger partial charge in [-0.1, -0.05) is 6.07 Å². The summed E-state index contributed by atoms with van der Waals surface area (Å²) in [7, 11) is 1.68. The molecule has 1 heterocycles. The molecule has 0 aliphatic carbocycles. The molecule has 0 aliphatic heterocycles. The monoisotopic (exact) mass is 231 g/mol. The van der Waals surface area contributed by atoms with Gasteiger partial charge >= 0.3 is 5.97 Å². The van der Waals surface area contributed by atoms with Crippen molar-refractivity contribution in [2.45, 2.75) is 6.92 Å². The summed E-state index contributed by atoms with van der Waals surface area (Å²) in [5.74, 6) is -0.364. The second-order valence-electron chi connectivity index (χ2n) is 3.69. The van der Waals surface area contributed by atoms with Crippen molar-refractivity contribution >= 4 is 16.9 Å². The smallest absolute Gasteiger partial charge is 0.338 e. The molecule has 4 heteroatoms. The Morgan fingerprint density at radius 3 is 2.76 bits per heavy atom. The summed E-state index contributed by atoms with van der Waals surface area (Å²) in [6.07, 6.45) is 0. The van der Waals surface area contributed by atoms with E-state index in [1.807, 2.05) is 0 Å². The Bertz CT molecular complexity index is 628. The Hall–Kier alpha value is -2.10. The highest BCUT2D eigenvalue weighted by atomic mass is 16.5. The second kappa shape index (κ2) is 4.41. The maximum Gasteiger partial charge on any atom is 0.338 e. The third-order valence-corrected chi connectivity index (χ3v) is 2.66. The van der Waals surface area contributed by atoms with E-state index in [4.69, 9.17) is 4.74 Å². The minimum absolute atomic E-state index is 0.0986. The van der Waals surface area contributed by atoms with Gasteiger partial charge < -0.3 is 9.30 Å². The number of ether oxygens (including phenoxy) is 1. The molecule has 4 nitrogen and oxygen atoms in total. The Kier molecular flexibility index (Phi) is 2.95. The normalized spacial score (nSPS) is 10.5. The van der Waals surface area contributed by atoms with Gasteiger partial charge in [-0.2, -0.15) is 0 Å². The highest BCUT2D eigenvalue weighted by molar-refractivity contribution is 6.03. The van der Waals surface area contributed by atoms with Gasteiger partial charge in [0.15, 0.2) is 0 Å². The topological polar surface area (TPSA) is 48.3 Å². The first kappa shape index (κ1) is 11.4. The summed E-state index contributed by atoms with van der Waals surface area (Å²) in [6.45, 7) is 2.10. The lowest BCUT2D eigenvalue weighted by Gasteiger charge is -2.08. The lowest BCUT2D eigenvalue weighted by Crippen LogP contribution is -2.16. The summed E-state index contributed by atoms with van der Waals surface area (Å²) in [4.78, 5) is 23.2. The van der Waals surface area contributed by atoms with Crippen molar-refractivity contribution in [2.24, 2.45) is 7.05 Å². The predicted molar refractivity (Wildman–Crippen MR) is 65.1 cm³/mol. The van der Waals surface area contributed by atoms with E-state index in [9.17, 15) is 9.59 Å². The molecule has 0 saturated heterocycles. The number of aryl methyl sites for hydroxylation is 1. The summed E-state index contributed by atoms with van der Waals surface area (Å²) in [5.41, 5.74) is 1.11. The van der Waals surface area contributed by atoms with Crippen molar-refractivity contribution in [1.82, 2.24) is 4.57 Å². The van der Waals surface area contributed by atoms with Gasteiger partial charge in [-0.15, -0.1) is 0 Å². The van der Waals surface area contributed by atoms with Crippen LogP contribution in [0.15, 0.2) is 35.1 Å². The molecule has 2 aromatic rings. The van der Waals surface area contributed by atoms with Crippen LogP contribution in [-0.2, 0) is 11.8 Å². The van der Waals surface area contributed by atoms with E-state index >= 15 is 0 Å². The number of pyridine rings is 1. The summed E-state index contributed by atoms with van der Waals surface area (Å²) >= 11 is 0. The quantitative estimate of drug-likeness (QED) is 0.739. The van der Waals surface area contributed by atoms with Gasteiger partial charge in [-0.3, -0.25) is 4.79 Å². The first-order valence-electron chi connectivity index (χ1n) is 5.41. The molecular formula is C13H13NO3. The highest BCUT2D eigenvalue weighted by Gasteiger charge is 2.11. The molecule has 2 rings (SSSR count). The van der Waals surface area contributed by atoms with E-state index in [1.54, 1.807) is 38.2 Å². The molecule has 0 bridgehead atoms. The Labute approximate surface area is 98.4 Å². The average Bonchev–Trinajstić information content (AvgIpc) is 2.33. The zero-order valence-corrected chi connectivity index (χ0v) is 9.77. The number of benzene rings is 1. The Morgan fingerprint density at radius 2 is 2.06 bits per heavy atom. The van der Waals surface area contributed by atoms with E-state index in [2.05, 4.69) is 0 Å². The number of esters is 1. The molecule has 0 N–H and O–H groups in total. The van der Waals surface area contributed by atoms with Gasteiger partial charge in [-0.05, 0) is 25.1 Å². The fourth-order valence-electron chi connectivity index (χ4n) is 1.79. The lowest BCUT2D eigenvalue weighted by atomic mass is 10.1. The molecular weight excluding hydrogens is 218 g/mol. The number of hydrogen-bond donors (Lipinski definition) is 0. The zero-order chi connectivity index (χ0) is 12.4. The number of hydrogen-bond acceptors (Lipinski definition) is 3. The van der Waals surface area contributed by atoms with Crippen molar-refractivity contribution in [2.75, 3.05) is 6.61 Å². The molecule has 0 amide bonds. The number of nitrogens with zero attached hydrogens (tertiary/aromatic N) is 1. The number of rotatable bonds is 2. The van der Waals surface area contributed by atoms with Crippen LogP contribution in [0.1, 0.15) is 17.3 Å². The van der Waals surface area contributed by atoms with Crippen LogP contribution in [0.25, 0.3) is 10.9 Å². The fraction of sp³-hybridized carbons (Fsp3) is 0.231. The maximum absolute atomic E-state index is 11.7. The third-order valence-electron chi connectivity index (χ3n) is 2.66. The molecule has 17 heavy (non-hydrogen) atoms. The Balaban J connectivity index is 2.71. The van der Waals surface area contributed by atoms with Crippen molar-refractivity contribution in [3.8, 4) is 0 Å². The van der Waals surface area contributed by atoms with Crippen molar-refractivity contribution in [1.29, 1.82) is 0 Å². The summed E-state index contributed by atoms with van der Waals surface area (Å²) < 4.78 is 6.49. The van der Waals surface area contributed by atoms with Gasteiger partial charge in [0.2, 0.25) is 0 Å². The van der Waals surface area contributed by atoms with Gasteiger partial charge in [0.05, 0.1) is 17.7 Å². The fourth-order valence-corrected chi connectivity index (χ4v) is 1.79. The second-order valence-corrected chi connectivity index (χ2v) is 3.69. The SMILES string of the molecule is CCOC(=O)c1cccc2c1ccc(=O)n2C. The molecule has 0 radical (unpaired) electrons. The first-order valence-corrected chi connectivity index (χ1v) is 5.41. The van der Waals surface area contributed by atoms with Crippen LogP contribution >= 0.6 is 0 Å². The van der Waals surface area contributed by atoms with E-state index in [0.717, 1.165) is 10.9 Å². The molecule has 0 atom stereocenters. The molecule has 0 fully saturated rings. The molecule has 1 aromatic heterocycles. The molecule has 0 unspecified atom stereocenters. The third kappa shape index (κ3) is 1.93. The molecule has 1 aromatic carbocycles. The predicted octanol–water partition coefficient (Wildman–Crippen LogP) is 1.72. The van der Waals surface area contributed by atoms with E-state index < -0.39 is 0 Å². The lowest BCUT2D eigenvalue weighted by molar-refractivity contribution is 0.0528. The van der Waals surface area contributed by atoms with Crippen LogP contribution in [0.4, 0.5) is 0 Å². The van der Waals surface area contributed by atoms with Crippen molar-refractivity contribution in [3.05, 3.63) is 46.2 Å². The largest absolute Gasteiger partial charge is 0.462 e. The summed E-state index contributed by atoms with van der Waals surface area (Å²) in [5, 5.41) is 0.730. The zero-order valence-electron chi connectivity index (χ0n) is 9.77. The molecule has 0 saturated carbocycles. The van der Waals surface area contributed by atoms with Gasteiger partial charge in [0, 0.05) is 18.5 Å². The van der Waals surface area contributed by atoms with Crippen LogP contribution in [0.3, 0.4) is 0 Å². The van der Waals surface area contributed by atoms with Crippen LogP contribution in [0.2, 0.25) is 0 Å². The van der Waals surface area contributed by atoms with Gasteiger partial charge in [-0.25, -0.2) is 4.79 Å². The van der Waals surface area contributed by atoms with Gasteiger partial charge in [0.1, 0.15) is 0 Å². The minimum atomic E-state index is -0.364. The van der Waals surface area contributed by atoms with E-state index in [0.29, 0.717) is 12.2 Å². The van der Waals surface area contributed by atoms with Crippen molar-refractivity contribution < 1.29 is 9.53 Å². The number of fused-ring (bicyclic) bond motifs is 1. The number of carbonyl (C=O) groups is 1. The van der Waals surface area contributed by atoms with Gasteiger partial charge in [0.25, 0.3) is 5.56 Å². The van der Waals surface area contributed by atoms with Crippen LogP contribution in [0, 0.1) is 0 Å². The van der Waals surface area contributed by atoms with Crippen LogP contribution in [0.5, 0.6) is 0 Å². The average molecular weight is 231 g/mol. The maximum atomic E-state index is 11.7. The number of carbonyl (C=O) groups excluding carboxylic acids is 1. The minimum Gasteiger partial charge on any atom is -0.462 e. The van der Waals surface area contributed by atoms with Crippen LogP contribution < -0.4 is 5.56 Å². The molecule has 0 spiro atoms. The summed E-state index contributed by atoms with van der Waals surface area (Å²) in [6, 6.07) is 8.35. The van der Waals surface area contributed by atoms with Crippen molar-refractivity contribution in [3.63, 3.8) is 0 Å². The Morgan fingerprint density at radius 1 is 1.29 bits per heavy atom. The standard InChI is InChI=1S/C13H13NO3/c1-3-17-13(16)10-5-4-6-11-9(10)7-8-12(15)14(11)2/h4-8H,3H2,1-2H3. The van der Waals surface area contributed by atoms with E-state index in [-0.39, 0.29) is 11.5 Å². The number of aromatic nitrogens is 1. The highest BCUT2D eigenvalue weighted by Crippen LogP contribution is 2.17. The first-order chi connectivity index (χ1) is 8.15.